The minimum Gasteiger partial charge on any atom is -0.508 e. The second kappa shape index (κ2) is 8.91. The smallest absolute Gasteiger partial charge is 0.407 e. The van der Waals surface area contributed by atoms with Gasteiger partial charge in [-0.25, -0.2) is 4.79 Å². The van der Waals surface area contributed by atoms with Crippen molar-refractivity contribution in [2.45, 2.75) is 18.8 Å². The standard InChI is InChI=1S/C18H21NO6/c1-24-16-9-13(20)7-8-14(16)17(22)15(21)10-19-18(23)25-11-12-5-3-2-4-6-12/h2-9,15,17,20-22H,10-11H2,1H3,(H,19,23). The van der Waals surface area contributed by atoms with E-state index in [2.05, 4.69) is 5.32 Å². The molecule has 0 spiro atoms. The SMILES string of the molecule is COc1cc(O)ccc1C(O)C(O)CNC(=O)OCc1ccccc1. The lowest BCUT2D eigenvalue weighted by atomic mass is 10.0. The van der Waals surface area contributed by atoms with Crippen LogP contribution in [0.1, 0.15) is 17.2 Å². The zero-order valence-electron chi connectivity index (χ0n) is 13.8. The van der Waals surface area contributed by atoms with Crippen LogP contribution in [0.25, 0.3) is 0 Å². The average molecular weight is 347 g/mol. The van der Waals surface area contributed by atoms with Crippen LogP contribution in [-0.4, -0.2) is 41.2 Å². The second-order valence-corrected chi connectivity index (χ2v) is 5.38. The predicted molar refractivity (Wildman–Crippen MR) is 90.3 cm³/mol. The van der Waals surface area contributed by atoms with Gasteiger partial charge >= 0.3 is 6.09 Å². The Kier molecular flexibility index (Phi) is 6.62. The summed E-state index contributed by atoms with van der Waals surface area (Å²) < 4.78 is 10.1. The molecule has 2 rings (SSSR count). The fourth-order valence-electron chi connectivity index (χ4n) is 2.23. The van der Waals surface area contributed by atoms with Crippen LogP contribution in [0.5, 0.6) is 11.5 Å². The van der Waals surface area contributed by atoms with Crippen molar-refractivity contribution in [3.8, 4) is 11.5 Å². The van der Waals surface area contributed by atoms with Crippen molar-refractivity contribution in [1.82, 2.24) is 5.32 Å². The number of phenolic OH excluding ortho intramolecular Hbond substituents is 1. The second-order valence-electron chi connectivity index (χ2n) is 5.38. The van der Waals surface area contributed by atoms with Crippen molar-refractivity contribution < 1.29 is 29.6 Å². The molecule has 25 heavy (non-hydrogen) atoms. The highest BCUT2D eigenvalue weighted by Gasteiger charge is 2.23. The first kappa shape index (κ1) is 18.6. The number of hydrogen-bond acceptors (Lipinski definition) is 6. The molecule has 7 nitrogen and oxygen atoms in total. The lowest BCUT2D eigenvalue weighted by Gasteiger charge is -2.20. The monoisotopic (exact) mass is 347 g/mol. The summed E-state index contributed by atoms with van der Waals surface area (Å²) in [5.74, 6) is 0.211. The van der Waals surface area contributed by atoms with Crippen molar-refractivity contribution >= 4 is 6.09 Å². The number of rotatable bonds is 7. The van der Waals surface area contributed by atoms with Gasteiger partial charge in [0.15, 0.2) is 0 Å². The molecule has 2 atom stereocenters. The van der Waals surface area contributed by atoms with Gasteiger partial charge in [-0.2, -0.15) is 0 Å². The van der Waals surface area contributed by atoms with E-state index >= 15 is 0 Å². The number of phenols is 1. The summed E-state index contributed by atoms with van der Waals surface area (Å²) in [5.41, 5.74) is 1.14. The van der Waals surface area contributed by atoms with Gasteiger partial charge in [0.1, 0.15) is 30.3 Å². The van der Waals surface area contributed by atoms with E-state index in [1.165, 1.54) is 25.3 Å². The summed E-state index contributed by atoms with van der Waals surface area (Å²) in [4.78, 5) is 11.7. The number of methoxy groups -OCH3 is 1. The molecule has 0 aliphatic carbocycles. The molecule has 0 aliphatic heterocycles. The highest BCUT2D eigenvalue weighted by atomic mass is 16.5. The Hall–Kier alpha value is -2.77. The van der Waals surface area contributed by atoms with E-state index in [1.807, 2.05) is 30.3 Å². The molecule has 1 amide bonds. The summed E-state index contributed by atoms with van der Waals surface area (Å²) in [5, 5.41) is 32.1. The first-order valence-corrected chi connectivity index (χ1v) is 7.69. The number of aromatic hydroxyl groups is 1. The molecule has 2 unspecified atom stereocenters. The van der Waals surface area contributed by atoms with Crippen LogP contribution in [0.15, 0.2) is 48.5 Å². The maximum atomic E-state index is 11.7. The van der Waals surface area contributed by atoms with Crippen LogP contribution in [-0.2, 0) is 11.3 Å². The summed E-state index contributed by atoms with van der Waals surface area (Å²) in [7, 11) is 1.39. The van der Waals surface area contributed by atoms with Gasteiger partial charge in [0, 0.05) is 18.2 Å². The highest BCUT2D eigenvalue weighted by molar-refractivity contribution is 5.67. The zero-order chi connectivity index (χ0) is 18.2. The maximum Gasteiger partial charge on any atom is 0.407 e. The number of carbonyl (C=O) groups is 1. The molecule has 134 valence electrons. The van der Waals surface area contributed by atoms with Crippen molar-refractivity contribution in [2.75, 3.05) is 13.7 Å². The van der Waals surface area contributed by atoms with Crippen LogP contribution in [0.2, 0.25) is 0 Å². The summed E-state index contributed by atoms with van der Waals surface area (Å²) >= 11 is 0. The number of carbonyl (C=O) groups excluding carboxylic acids is 1. The number of benzene rings is 2. The zero-order valence-corrected chi connectivity index (χ0v) is 13.8. The molecule has 2 aromatic carbocycles. The maximum absolute atomic E-state index is 11.7. The van der Waals surface area contributed by atoms with E-state index in [0.29, 0.717) is 5.56 Å². The van der Waals surface area contributed by atoms with Crippen LogP contribution in [0.3, 0.4) is 0 Å². The lowest BCUT2D eigenvalue weighted by Crippen LogP contribution is -2.35. The fourth-order valence-corrected chi connectivity index (χ4v) is 2.23. The van der Waals surface area contributed by atoms with Crippen molar-refractivity contribution in [3.05, 3.63) is 59.7 Å². The minimum absolute atomic E-state index is 0.0232. The van der Waals surface area contributed by atoms with Crippen molar-refractivity contribution in [1.29, 1.82) is 0 Å². The van der Waals surface area contributed by atoms with Gasteiger partial charge in [0.05, 0.1) is 7.11 Å². The lowest BCUT2D eigenvalue weighted by molar-refractivity contribution is 0.0171. The van der Waals surface area contributed by atoms with E-state index in [-0.39, 0.29) is 24.7 Å². The topological polar surface area (TPSA) is 108 Å². The molecular weight excluding hydrogens is 326 g/mol. The third-order valence-corrected chi connectivity index (χ3v) is 3.57. The summed E-state index contributed by atoms with van der Waals surface area (Å²) in [6.07, 6.45) is -3.28. The van der Waals surface area contributed by atoms with Gasteiger partial charge in [-0.3, -0.25) is 0 Å². The normalized spacial score (nSPS) is 12.9. The Morgan fingerprint density at radius 2 is 1.88 bits per heavy atom. The van der Waals surface area contributed by atoms with Gasteiger partial charge in [0.25, 0.3) is 0 Å². The number of aliphatic hydroxyl groups is 2. The molecular formula is C18H21NO6. The first-order chi connectivity index (χ1) is 12.0. The van der Waals surface area contributed by atoms with Gasteiger partial charge in [0.2, 0.25) is 0 Å². The summed E-state index contributed by atoms with van der Waals surface area (Å²) in [6.45, 7) is -0.101. The van der Waals surface area contributed by atoms with Gasteiger partial charge in [-0.15, -0.1) is 0 Å². The number of ether oxygens (including phenoxy) is 2. The van der Waals surface area contributed by atoms with E-state index < -0.39 is 18.3 Å². The van der Waals surface area contributed by atoms with Crippen molar-refractivity contribution in [3.63, 3.8) is 0 Å². The van der Waals surface area contributed by atoms with E-state index in [0.717, 1.165) is 5.56 Å². The molecule has 0 aromatic heterocycles. The molecule has 0 fully saturated rings. The molecule has 7 heteroatoms. The highest BCUT2D eigenvalue weighted by Crippen LogP contribution is 2.30. The molecule has 0 heterocycles. The van der Waals surface area contributed by atoms with E-state index in [9.17, 15) is 20.1 Å². The Balaban J connectivity index is 1.84. The Bertz CT molecular complexity index is 691. The van der Waals surface area contributed by atoms with Crippen LogP contribution in [0, 0.1) is 0 Å². The van der Waals surface area contributed by atoms with Crippen LogP contribution in [0.4, 0.5) is 4.79 Å². The van der Waals surface area contributed by atoms with Gasteiger partial charge in [-0.1, -0.05) is 30.3 Å². The van der Waals surface area contributed by atoms with Gasteiger partial charge in [-0.05, 0) is 17.7 Å². The van der Waals surface area contributed by atoms with E-state index in [4.69, 9.17) is 9.47 Å². The average Bonchev–Trinajstić information content (AvgIpc) is 2.64. The number of hydrogen-bond donors (Lipinski definition) is 4. The predicted octanol–water partition coefficient (Wildman–Crippen LogP) is 1.72. The Morgan fingerprint density at radius 3 is 2.56 bits per heavy atom. The molecule has 0 aliphatic rings. The Labute approximate surface area is 145 Å². The first-order valence-electron chi connectivity index (χ1n) is 7.69. The molecule has 4 N–H and O–H groups in total. The van der Waals surface area contributed by atoms with Gasteiger partial charge < -0.3 is 30.1 Å². The molecule has 0 radical (unpaired) electrons. The van der Waals surface area contributed by atoms with E-state index in [1.54, 1.807) is 0 Å². The van der Waals surface area contributed by atoms with Crippen molar-refractivity contribution in [2.24, 2.45) is 0 Å². The summed E-state index contributed by atoms with van der Waals surface area (Å²) in [6, 6.07) is 13.3. The molecule has 0 bridgehead atoms. The van der Waals surface area contributed by atoms with Crippen LogP contribution < -0.4 is 10.1 Å². The fraction of sp³-hybridized carbons (Fsp3) is 0.278. The van der Waals surface area contributed by atoms with Crippen LogP contribution >= 0.6 is 0 Å². The number of aliphatic hydroxyl groups excluding tert-OH is 2. The third-order valence-electron chi connectivity index (χ3n) is 3.57. The molecule has 0 saturated carbocycles. The number of nitrogens with one attached hydrogen (secondary N) is 1. The Morgan fingerprint density at radius 1 is 1.16 bits per heavy atom. The third kappa shape index (κ3) is 5.37. The quantitative estimate of drug-likeness (QED) is 0.607. The number of alkyl carbamates (subject to hydrolysis) is 1. The largest absolute Gasteiger partial charge is 0.508 e. The number of amides is 1. The molecule has 0 saturated heterocycles. The molecule has 2 aromatic rings. The minimum atomic E-state index is -1.30.